The van der Waals surface area contributed by atoms with Gasteiger partial charge in [-0.3, -0.25) is 0 Å². The molecule has 1 aromatic rings. The zero-order valence-corrected chi connectivity index (χ0v) is 13.2. The summed E-state index contributed by atoms with van der Waals surface area (Å²) in [6.07, 6.45) is 4.58. The highest BCUT2D eigenvalue weighted by Crippen LogP contribution is 2.33. The quantitative estimate of drug-likeness (QED) is 0.597. The summed E-state index contributed by atoms with van der Waals surface area (Å²) < 4.78 is 27.2. The van der Waals surface area contributed by atoms with Crippen LogP contribution in [0, 0.1) is 12.8 Å². The first-order valence-electron chi connectivity index (χ1n) is 6.80. The van der Waals surface area contributed by atoms with E-state index in [-0.39, 0.29) is 9.88 Å². The lowest BCUT2D eigenvalue weighted by Crippen LogP contribution is -2.26. The fraction of sp³-hybridized carbons (Fsp3) is 0.500. The van der Waals surface area contributed by atoms with E-state index >= 15 is 0 Å². The van der Waals surface area contributed by atoms with Crippen LogP contribution < -0.4 is 10.5 Å². The third-order valence-electron chi connectivity index (χ3n) is 3.54. The second-order valence-corrected chi connectivity index (χ2v) is 7.50. The van der Waals surface area contributed by atoms with Gasteiger partial charge in [0.25, 0.3) is 0 Å². The van der Waals surface area contributed by atoms with Crippen LogP contribution in [0.5, 0.6) is 0 Å². The molecule has 0 atom stereocenters. The number of hydrogen-bond acceptors (Lipinski definition) is 3. The molecule has 1 aliphatic rings. The predicted molar refractivity (Wildman–Crippen MR) is 84.2 cm³/mol. The van der Waals surface area contributed by atoms with Gasteiger partial charge in [-0.05, 0) is 37.3 Å². The second kappa shape index (κ2) is 6.20. The van der Waals surface area contributed by atoms with Crippen LogP contribution in [0.25, 0.3) is 0 Å². The Morgan fingerprint density at radius 2 is 2.15 bits per heavy atom. The molecule has 0 radical (unpaired) electrons. The molecule has 0 spiro atoms. The molecule has 0 unspecified atom stereocenters. The molecule has 0 saturated heterocycles. The van der Waals surface area contributed by atoms with Crippen molar-refractivity contribution in [3.05, 3.63) is 29.3 Å². The van der Waals surface area contributed by atoms with Crippen molar-refractivity contribution in [3.8, 4) is 0 Å². The van der Waals surface area contributed by atoms with Gasteiger partial charge in [-0.2, -0.15) is 0 Å². The highest BCUT2D eigenvalue weighted by molar-refractivity contribution is 7.89. The maximum atomic E-state index is 12.3. The van der Waals surface area contributed by atoms with E-state index in [2.05, 4.69) is 4.72 Å². The highest BCUT2D eigenvalue weighted by Gasteiger charge is 2.21. The van der Waals surface area contributed by atoms with Crippen LogP contribution in [0.15, 0.2) is 23.1 Å². The van der Waals surface area contributed by atoms with Gasteiger partial charge in [0.05, 0.1) is 4.90 Å². The van der Waals surface area contributed by atoms with Crippen molar-refractivity contribution < 1.29 is 8.42 Å². The van der Waals surface area contributed by atoms with E-state index in [1.165, 1.54) is 12.8 Å². The SMILES string of the molecule is Cc1ccc(C(N)=S)cc1S(=O)(=O)NCCCC1CC1. The molecule has 4 nitrogen and oxygen atoms in total. The Kier molecular flexibility index (Phi) is 4.78. The zero-order chi connectivity index (χ0) is 14.8. The molecule has 0 aromatic heterocycles. The maximum absolute atomic E-state index is 12.3. The Morgan fingerprint density at radius 1 is 1.45 bits per heavy atom. The molecule has 110 valence electrons. The van der Waals surface area contributed by atoms with Crippen molar-refractivity contribution in [2.45, 2.75) is 37.5 Å². The number of nitrogens with one attached hydrogen (secondary N) is 1. The molecular weight excluding hydrogens is 292 g/mol. The van der Waals surface area contributed by atoms with Crippen LogP contribution in [-0.2, 0) is 10.0 Å². The van der Waals surface area contributed by atoms with Gasteiger partial charge < -0.3 is 5.73 Å². The largest absolute Gasteiger partial charge is 0.389 e. The molecule has 0 heterocycles. The van der Waals surface area contributed by atoms with Crippen LogP contribution in [0.1, 0.15) is 36.8 Å². The molecule has 1 fully saturated rings. The lowest BCUT2D eigenvalue weighted by atomic mass is 10.1. The minimum Gasteiger partial charge on any atom is -0.389 e. The van der Waals surface area contributed by atoms with Gasteiger partial charge in [-0.1, -0.05) is 37.2 Å². The number of thiocarbonyl (C=S) groups is 1. The van der Waals surface area contributed by atoms with Crippen molar-refractivity contribution in [3.63, 3.8) is 0 Å². The number of benzene rings is 1. The molecule has 2 rings (SSSR count). The Hall–Kier alpha value is -0.980. The van der Waals surface area contributed by atoms with Crippen molar-refractivity contribution in [1.29, 1.82) is 0 Å². The Morgan fingerprint density at radius 3 is 2.75 bits per heavy atom. The first-order chi connectivity index (χ1) is 9.40. The first kappa shape index (κ1) is 15.4. The van der Waals surface area contributed by atoms with Gasteiger partial charge >= 0.3 is 0 Å². The molecule has 0 amide bonds. The van der Waals surface area contributed by atoms with Crippen molar-refractivity contribution >= 4 is 27.2 Å². The predicted octanol–water partition coefficient (Wildman–Crippen LogP) is 2.10. The summed E-state index contributed by atoms with van der Waals surface area (Å²) in [6, 6.07) is 5.01. The van der Waals surface area contributed by atoms with Crippen molar-refractivity contribution in [2.24, 2.45) is 11.7 Å². The van der Waals surface area contributed by atoms with Gasteiger partial charge in [0.1, 0.15) is 4.99 Å². The number of aryl methyl sites for hydroxylation is 1. The van der Waals surface area contributed by atoms with Gasteiger partial charge in [0.15, 0.2) is 0 Å². The summed E-state index contributed by atoms with van der Waals surface area (Å²) >= 11 is 4.89. The molecule has 1 aromatic carbocycles. The van der Waals surface area contributed by atoms with Gasteiger partial charge in [0, 0.05) is 12.1 Å². The summed E-state index contributed by atoms with van der Waals surface area (Å²) in [4.78, 5) is 0.462. The molecular formula is C14H20N2O2S2. The molecule has 3 N–H and O–H groups in total. The van der Waals surface area contributed by atoms with E-state index in [4.69, 9.17) is 18.0 Å². The molecule has 0 aliphatic heterocycles. The molecule has 1 aliphatic carbocycles. The average Bonchev–Trinajstić information content (AvgIpc) is 3.18. The average molecular weight is 312 g/mol. The summed E-state index contributed by atoms with van der Waals surface area (Å²) in [5, 5.41) is 0. The van der Waals surface area contributed by atoms with E-state index in [1.807, 2.05) is 0 Å². The monoisotopic (exact) mass is 312 g/mol. The first-order valence-corrected chi connectivity index (χ1v) is 8.69. The fourth-order valence-corrected chi connectivity index (χ4v) is 3.59. The highest BCUT2D eigenvalue weighted by atomic mass is 32.2. The summed E-state index contributed by atoms with van der Waals surface area (Å²) in [5.74, 6) is 0.819. The third kappa shape index (κ3) is 4.01. The van der Waals surface area contributed by atoms with Crippen LogP contribution >= 0.6 is 12.2 Å². The van der Waals surface area contributed by atoms with Crippen LogP contribution in [-0.4, -0.2) is 20.0 Å². The van der Waals surface area contributed by atoms with E-state index < -0.39 is 10.0 Å². The lowest BCUT2D eigenvalue weighted by molar-refractivity contribution is 0.572. The number of hydrogen-bond donors (Lipinski definition) is 2. The Bertz CT molecular complexity index is 608. The minimum absolute atomic E-state index is 0.204. The smallest absolute Gasteiger partial charge is 0.240 e. The number of sulfonamides is 1. The van der Waals surface area contributed by atoms with E-state index in [9.17, 15) is 8.42 Å². The van der Waals surface area contributed by atoms with E-state index in [0.29, 0.717) is 17.7 Å². The molecule has 1 saturated carbocycles. The van der Waals surface area contributed by atoms with Gasteiger partial charge in [-0.15, -0.1) is 0 Å². The van der Waals surface area contributed by atoms with E-state index in [1.54, 1.807) is 25.1 Å². The Labute approximate surface area is 125 Å². The Balaban J connectivity index is 2.06. The lowest BCUT2D eigenvalue weighted by Gasteiger charge is -2.10. The van der Waals surface area contributed by atoms with Gasteiger partial charge in [0.2, 0.25) is 10.0 Å². The fourth-order valence-electron chi connectivity index (χ4n) is 2.12. The maximum Gasteiger partial charge on any atom is 0.240 e. The zero-order valence-electron chi connectivity index (χ0n) is 11.6. The standard InChI is InChI=1S/C14H20N2O2S2/c1-10-4-7-12(14(15)19)9-13(10)20(17,18)16-8-2-3-11-5-6-11/h4,7,9,11,16H,2-3,5-6,8H2,1H3,(H2,15,19). The summed E-state index contributed by atoms with van der Waals surface area (Å²) in [5.41, 5.74) is 6.82. The van der Waals surface area contributed by atoms with Crippen molar-refractivity contribution in [1.82, 2.24) is 4.72 Å². The van der Waals surface area contributed by atoms with Crippen LogP contribution in [0.3, 0.4) is 0 Å². The van der Waals surface area contributed by atoms with Gasteiger partial charge in [-0.25, -0.2) is 13.1 Å². The topological polar surface area (TPSA) is 72.2 Å². The number of rotatable bonds is 7. The molecule has 6 heteroatoms. The summed E-state index contributed by atoms with van der Waals surface area (Å²) in [6.45, 7) is 2.25. The third-order valence-corrected chi connectivity index (χ3v) is 5.38. The van der Waals surface area contributed by atoms with Crippen molar-refractivity contribution in [2.75, 3.05) is 6.54 Å². The van der Waals surface area contributed by atoms with E-state index in [0.717, 1.165) is 18.8 Å². The van der Waals surface area contributed by atoms with Crippen LogP contribution in [0.4, 0.5) is 0 Å². The molecule has 20 heavy (non-hydrogen) atoms. The number of nitrogens with two attached hydrogens (primary N) is 1. The normalized spacial score (nSPS) is 15.2. The minimum atomic E-state index is -3.49. The summed E-state index contributed by atoms with van der Waals surface area (Å²) in [7, 11) is -3.49. The molecule has 0 bridgehead atoms. The second-order valence-electron chi connectivity index (χ2n) is 5.33. The van der Waals surface area contributed by atoms with Crippen LogP contribution in [0.2, 0.25) is 0 Å².